The van der Waals surface area contributed by atoms with Crippen molar-refractivity contribution in [3.63, 3.8) is 0 Å². The number of carbonyl (C=O) groups excluding carboxylic acids is 2. The smallest absolute Gasteiger partial charge is 0.229 e. The predicted octanol–water partition coefficient (Wildman–Crippen LogP) is 4.39. The molecule has 0 aliphatic carbocycles. The molecule has 1 N–H and O–H groups in total. The number of anilines is 2. The highest BCUT2D eigenvalue weighted by atomic mass is 19.2. The molecule has 6 heteroatoms. The van der Waals surface area contributed by atoms with Crippen LogP contribution in [0.2, 0.25) is 0 Å². The highest BCUT2D eigenvalue weighted by Crippen LogP contribution is 2.30. The van der Waals surface area contributed by atoms with Gasteiger partial charge in [-0.1, -0.05) is 32.0 Å². The molecule has 0 bridgehead atoms. The van der Waals surface area contributed by atoms with Crippen molar-refractivity contribution in [2.24, 2.45) is 5.92 Å². The molecule has 1 unspecified atom stereocenters. The third kappa shape index (κ3) is 3.84. The van der Waals surface area contributed by atoms with Gasteiger partial charge in [-0.2, -0.15) is 0 Å². The summed E-state index contributed by atoms with van der Waals surface area (Å²) >= 11 is 0. The van der Waals surface area contributed by atoms with Crippen LogP contribution in [0.25, 0.3) is 0 Å². The SMILES string of the molecule is Cc1cccc(C(C)C)c1NC(=O)C1CC(=O)N(c2ccc(F)c(F)c2)C1. The van der Waals surface area contributed by atoms with Gasteiger partial charge in [0, 0.05) is 30.4 Å². The van der Waals surface area contributed by atoms with Gasteiger partial charge in [-0.3, -0.25) is 9.59 Å². The maximum absolute atomic E-state index is 13.5. The number of rotatable bonds is 4. The van der Waals surface area contributed by atoms with Crippen molar-refractivity contribution >= 4 is 23.2 Å². The summed E-state index contributed by atoms with van der Waals surface area (Å²) in [4.78, 5) is 26.4. The average Bonchev–Trinajstić information content (AvgIpc) is 3.00. The van der Waals surface area contributed by atoms with E-state index in [-0.39, 0.29) is 36.4 Å². The molecule has 2 amide bonds. The topological polar surface area (TPSA) is 49.4 Å². The summed E-state index contributed by atoms with van der Waals surface area (Å²) in [6, 6.07) is 9.15. The summed E-state index contributed by atoms with van der Waals surface area (Å²) in [6.07, 6.45) is 0.0354. The van der Waals surface area contributed by atoms with Crippen LogP contribution in [0.1, 0.15) is 37.3 Å². The van der Waals surface area contributed by atoms with Crippen LogP contribution < -0.4 is 10.2 Å². The maximum atomic E-state index is 13.5. The molecule has 0 aromatic heterocycles. The number of nitrogens with one attached hydrogen (secondary N) is 1. The molecule has 1 aliphatic rings. The number of hydrogen-bond donors (Lipinski definition) is 1. The van der Waals surface area contributed by atoms with Gasteiger partial charge in [-0.15, -0.1) is 0 Å². The van der Waals surface area contributed by atoms with E-state index in [1.165, 1.54) is 11.0 Å². The van der Waals surface area contributed by atoms with Crippen molar-refractivity contribution in [1.82, 2.24) is 0 Å². The molecule has 1 atom stereocenters. The Balaban J connectivity index is 1.78. The Morgan fingerprint density at radius 1 is 1.19 bits per heavy atom. The van der Waals surface area contributed by atoms with Gasteiger partial charge >= 0.3 is 0 Å². The van der Waals surface area contributed by atoms with Gasteiger partial charge in [-0.05, 0) is 36.1 Å². The molecular formula is C21H22F2N2O2. The summed E-state index contributed by atoms with van der Waals surface area (Å²) < 4.78 is 26.6. The number of carbonyl (C=O) groups is 2. The fourth-order valence-electron chi connectivity index (χ4n) is 3.35. The van der Waals surface area contributed by atoms with Crippen molar-refractivity contribution in [1.29, 1.82) is 0 Å². The van der Waals surface area contributed by atoms with E-state index in [4.69, 9.17) is 0 Å². The highest BCUT2D eigenvalue weighted by Gasteiger charge is 2.35. The van der Waals surface area contributed by atoms with Gasteiger partial charge in [-0.25, -0.2) is 8.78 Å². The average molecular weight is 372 g/mol. The first-order valence-corrected chi connectivity index (χ1v) is 8.93. The van der Waals surface area contributed by atoms with E-state index < -0.39 is 17.6 Å². The number of benzene rings is 2. The molecule has 0 saturated carbocycles. The molecule has 1 fully saturated rings. The minimum Gasteiger partial charge on any atom is -0.325 e. The Kier molecular flexibility index (Phi) is 5.26. The second-order valence-corrected chi connectivity index (χ2v) is 7.19. The van der Waals surface area contributed by atoms with Crippen LogP contribution in [0.15, 0.2) is 36.4 Å². The highest BCUT2D eigenvalue weighted by molar-refractivity contribution is 6.04. The fourth-order valence-corrected chi connectivity index (χ4v) is 3.35. The lowest BCUT2D eigenvalue weighted by Gasteiger charge is -2.19. The number of amides is 2. The van der Waals surface area contributed by atoms with E-state index >= 15 is 0 Å². The Hall–Kier alpha value is -2.76. The molecule has 2 aromatic rings. The molecular weight excluding hydrogens is 350 g/mol. The van der Waals surface area contributed by atoms with Crippen LogP contribution in [-0.2, 0) is 9.59 Å². The first kappa shape index (κ1) is 19.0. The number of halogens is 2. The van der Waals surface area contributed by atoms with Crippen molar-refractivity contribution in [2.75, 3.05) is 16.8 Å². The second-order valence-electron chi connectivity index (χ2n) is 7.19. The summed E-state index contributed by atoms with van der Waals surface area (Å²) in [7, 11) is 0. The fraction of sp³-hybridized carbons (Fsp3) is 0.333. The van der Waals surface area contributed by atoms with Gasteiger partial charge in [0.25, 0.3) is 0 Å². The molecule has 0 spiro atoms. The summed E-state index contributed by atoms with van der Waals surface area (Å²) in [5.74, 6) is -2.83. The number of nitrogens with zero attached hydrogens (tertiary/aromatic N) is 1. The lowest BCUT2D eigenvalue weighted by atomic mass is 9.97. The van der Waals surface area contributed by atoms with E-state index in [9.17, 15) is 18.4 Å². The van der Waals surface area contributed by atoms with E-state index in [0.717, 1.165) is 28.9 Å². The van der Waals surface area contributed by atoms with Gasteiger partial charge < -0.3 is 10.2 Å². The minimum absolute atomic E-state index is 0.0354. The molecule has 142 valence electrons. The molecule has 4 nitrogen and oxygen atoms in total. The molecule has 1 aliphatic heterocycles. The predicted molar refractivity (Wildman–Crippen MR) is 101 cm³/mol. The standard InChI is InChI=1S/C21H22F2N2O2/c1-12(2)16-6-4-5-13(3)20(16)24-21(27)14-9-19(26)25(11-14)15-7-8-17(22)18(23)10-15/h4-8,10,12,14H,9,11H2,1-3H3,(H,24,27). The van der Waals surface area contributed by atoms with Gasteiger partial charge in [0.15, 0.2) is 11.6 Å². The molecule has 1 saturated heterocycles. The van der Waals surface area contributed by atoms with Crippen molar-refractivity contribution < 1.29 is 18.4 Å². The monoisotopic (exact) mass is 372 g/mol. The Bertz CT molecular complexity index is 896. The largest absolute Gasteiger partial charge is 0.325 e. The maximum Gasteiger partial charge on any atom is 0.229 e. The quantitative estimate of drug-likeness (QED) is 0.865. The van der Waals surface area contributed by atoms with E-state index in [0.29, 0.717) is 0 Å². The van der Waals surface area contributed by atoms with Crippen LogP contribution >= 0.6 is 0 Å². The zero-order valence-corrected chi connectivity index (χ0v) is 15.6. The third-order valence-electron chi connectivity index (χ3n) is 4.89. The first-order chi connectivity index (χ1) is 12.8. The van der Waals surface area contributed by atoms with Crippen molar-refractivity contribution in [3.05, 3.63) is 59.2 Å². The number of para-hydroxylation sites is 1. The summed E-state index contributed by atoms with van der Waals surface area (Å²) in [5, 5.41) is 2.96. The Labute approximate surface area is 157 Å². The van der Waals surface area contributed by atoms with Gasteiger partial charge in [0.05, 0.1) is 5.92 Å². The lowest BCUT2D eigenvalue weighted by Crippen LogP contribution is -2.28. The van der Waals surface area contributed by atoms with Gasteiger partial charge in [0.1, 0.15) is 0 Å². The minimum atomic E-state index is -1.02. The van der Waals surface area contributed by atoms with Crippen LogP contribution in [0.5, 0.6) is 0 Å². The first-order valence-electron chi connectivity index (χ1n) is 8.93. The second kappa shape index (κ2) is 7.47. The van der Waals surface area contributed by atoms with Crippen LogP contribution in [0.3, 0.4) is 0 Å². The lowest BCUT2D eigenvalue weighted by molar-refractivity contribution is -0.122. The normalized spacial score (nSPS) is 16.9. The number of hydrogen-bond acceptors (Lipinski definition) is 2. The Morgan fingerprint density at radius 3 is 2.59 bits per heavy atom. The van der Waals surface area contributed by atoms with E-state index in [1.807, 2.05) is 39.0 Å². The number of aryl methyl sites for hydroxylation is 1. The van der Waals surface area contributed by atoms with Crippen LogP contribution in [0.4, 0.5) is 20.2 Å². The molecule has 27 heavy (non-hydrogen) atoms. The van der Waals surface area contributed by atoms with Crippen molar-refractivity contribution in [2.45, 2.75) is 33.1 Å². The van der Waals surface area contributed by atoms with Crippen LogP contribution in [0, 0.1) is 24.5 Å². The summed E-state index contributed by atoms with van der Waals surface area (Å²) in [5.41, 5.74) is 3.02. The third-order valence-corrected chi connectivity index (χ3v) is 4.89. The van der Waals surface area contributed by atoms with E-state index in [2.05, 4.69) is 5.32 Å². The van der Waals surface area contributed by atoms with Crippen LogP contribution in [-0.4, -0.2) is 18.4 Å². The zero-order valence-electron chi connectivity index (χ0n) is 15.6. The van der Waals surface area contributed by atoms with Crippen molar-refractivity contribution in [3.8, 4) is 0 Å². The molecule has 0 radical (unpaired) electrons. The molecule has 2 aromatic carbocycles. The van der Waals surface area contributed by atoms with Gasteiger partial charge in [0.2, 0.25) is 11.8 Å². The Morgan fingerprint density at radius 2 is 1.93 bits per heavy atom. The molecule has 1 heterocycles. The molecule has 3 rings (SSSR count). The van der Waals surface area contributed by atoms with E-state index in [1.54, 1.807) is 0 Å². The zero-order chi connectivity index (χ0) is 19.7. The summed E-state index contributed by atoms with van der Waals surface area (Å²) in [6.45, 7) is 6.16.